The first kappa shape index (κ1) is 8.97. The summed E-state index contributed by atoms with van der Waals surface area (Å²) in [5, 5.41) is 6.24. The molecule has 1 fully saturated rings. The summed E-state index contributed by atoms with van der Waals surface area (Å²) >= 11 is 0. The van der Waals surface area contributed by atoms with Gasteiger partial charge in [-0.15, -0.1) is 0 Å². The molecule has 0 aromatic rings. The lowest BCUT2D eigenvalue weighted by Gasteiger charge is -2.28. The van der Waals surface area contributed by atoms with Crippen LogP contribution in [0.3, 0.4) is 0 Å². The van der Waals surface area contributed by atoms with Gasteiger partial charge in [-0.2, -0.15) is 5.10 Å². The summed E-state index contributed by atoms with van der Waals surface area (Å²) in [5.41, 5.74) is 4.48. The van der Waals surface area contributed by atoms with Gasteiger partial charge in [0.05, 0.1) is 26.7 Å². The van der Waals surface area contributed by atoms with E-state index in [0.29, 0.717) is 0 Å². The molecule has 74 valence electrons. The molecule has 0 spiro atoms. The first-order valence-electron chi connectivity index (χ1n) is 5.05. The van der Waals surface area contributed by atoms with E-state index in [1.165, 1.54) is 36.1 Å². The molecule has 0 amide bonds. The lowest BCUT2D eigenvalue weighted by molar-refractivity contribution is -0.888. The molecule has 0 unspecified atom stereocenters. The molecule has 0 aliphatic carbocycles. The van der Waals surface area contributed by atoms with E-state index in [1.807, 2.05) is 12.2 Å². The van der Waals surface area contributed by atoms with E-state index in [2.05, 4.69) is 17.6 Å². The molecule has 2 aliphatic heterocycles. The van der Waals surface area contributed by atoms with Crippen LogP contribution < -0.4 is 5.43 Å². The maximum absolute atomic E-state index is 4.42. The van der Waals surface area contributed by atoms with Gasteiger partial charge in [0.2, 0.25) is 0 Å². The summed E-state index contributed by atoms with van der Waals surface area (Å²) in [6.45, 7) is 4.70. The van der Waals surface area contributed by atoms with Gasteiger partial charge in [-0.3, -0.25) is 0 Å². The van der Waals surface area contributed by atoms with E-state index in [-0.39, 0.29) is 0 Å². The van der Waals surface area contributed by atoms with E-state index in [0.717, 1.165) is 13.1 Å². The number of quaternary nitrogens is 1. The Balaban J connectivity index is 1.93. The fourth-order valence-electron chi connectivity index (χ4n) is 2.27. The third kappa shape index (κ3) is 2.00. The van der Waals surface area contributed by atoms with E-state index >= 15 is 0 Å². The van der Waals surface area contributed by atoms with Crippen LogP contribution in [0.4, 0.5) is 0 Å². The van der Waals surface area contributed by atoms with Crippen LogP contribution in [0, 0.1) is 0 Å². The highest BCUT2D eigenvalue weighted by atomic mass is 15.7. The third-order valence-corrected chi connectivity index (χ3v) is 3.01. The number of rotatable bonds is 2. The number of hydrazine groups is 1. The van der Waals surface area contributed by atoms with Gasteiger partial charge in [0, 0.05) is 19.9 Å². The van der Waals surface area contributed by atoms with Crippen molar-refractivity contribution >= 4 is 5.71 Å². The summed E-state index contributed by atoms with van der Waals surface area (Å²) in [7, 11) is 4.30. The van der Waals surface area contributed by atoms with Crippen molar-refractivity contribution < 1.29 is 4.48 Å². The van der Waals surface area contributed by atoms with Gasteiger partial charge in [-0.25, -0.2) is 10.5 Å². The fraction of sp³-hybridized carbons (Fsp3) is 0.889. The number of likely N-dealkylation sites (tertiary alicyclic amines) is 1. The Morgan fingerprint density at radius 1 is 1.46 bits per heavy atom. The van der Waals surface area contributed by atoms with Crippen LogP contribution in [0.2, 0.25) is 0 Å². The Bertz CT molecular complexity index is 218. The molecular formula is C9H19N4+. The Hall–Kier alpha value is -0.610. The summed E-state index contributed by atoms with van der Waals surface area (Å²) in [5.74, 6) is 0. The van der Waals surface area contributed by atoms with Crippen molar-refractivity contribution in [3.8, 4) is 0 Å². The average Bonchev–Trinajstić information content (AvgIpc) is 2.62. The van der Waals surface area contributed by atoms with Crippen molar-refractivity contribution in [3.63, 3.8) is 0 Å². The normalized spacial score (nSPS) is 26.6. The monoisotopic (exact) mass is 183 g/mol. The van der Waals surface area contributed by atoms with Gasteiger partial charge in [0.1, 0.15) is 12.3 Å². The third-order valence-electron chi connectivity index (χ3n) is 3.01. The van der Waals surface area contributed by atoms with Gasteiger partial charge >= 0.3 is 0 Å². The molecule has 4 heteroatoms. The molecule has 13 heavy (non-hydrogen) atoms. The Kier molecular flexibility index (Phi) is 2.26. The molecule has 0 aromatic carbocycles. The summed E-state index contributed by atoms with van der Waals surface area (Å²) in [4.78, 5) is 0. The Labute approximate surface area is 79.8 Å². The minimum Gasteiger partial charge on any atom is -0.321 e. The highest BCUT2D eigenvalue weighted by Crippen LogP contribution is 2.16. The quantitative estimate of drug-likeness (QED) is 0.612. The SMILES string of the molecule is CN1N=C(C[N+]2(C)CCCC2)CN1. The van der Waals surface area contributed by atoms with Crippen LogP contribution in [-0.2, 0) is 0 Å². The minimum absolute atomic E-state index is 0.935. The molecule has 2 rings (SSSR count). The van der Waals surface area contributed by atoms with Crippen LogP contribution in [0.1, 0.15) is 12.8 Å². The second-order valence-corrected chi connectivity index (χ2v) is 4.46. The summed E-state index contributed by atoms with van der Waals surface area (Å²) < 4.78 is 1.19. The van der Waals surface area contributed by atoms with Gasteiger partial charge in [0.15, 0.2) is 0 Å². The molecule has 1 saturated heterocycles. The smallest absolute Gasteiger partial charge is 0.121 e. The van der Waals surface area contributed by atoms with Gasteiger partial charge < -0.3 is 4.48 Å². The van der Waals surface area contributed by atoms with Crippen LogP contribution in [-0.4, -0.2) is 55.6 Å². The highest BCUT2D eigenvalue weighted by Gasteiger charge is 2.29. The molecule has 0 bridgehead atoms. The van der Waals surface area contributed by atoms with Crippen molar-refractivity contribution in [1.82, 2.24) is 10.5 Å². The van der Waals surface area contributed by atoms with Gasteiger partial charge in [-0.1, -0.05) is 0 Å². The average molecular weight is 183 g/mol. The van der Waals surface area contributed by atoms with Crippen LogP contribution in [0.15, 0.2) is 5.10 Å². The fourth-order valence-corrected chi connectivity index (χ4v) is 2.27. The van der Waals surface area contributed by atoms with Gasteiger partial charge in [0.25, 0.3) is 0 Å². The van der Waals surface area contributed by atoms with Crippen LogP contribution >= 0.6 is 0 Å². The lowest BCUT2D eigenvalue weighted by atomic mass is 10.3. The predicted octanol–water partition coefficient (Wildman–Crippen LogP) is 0.0328. The lowest BCUT2D eigenvalue weighted by Crippen LogP contribution is -2.45. The first-order chi connectivity index (χ1) is 6.18. The van der Waals surface area contributed by atoms with E-state index in [9.17, 15) is 0 Å². The second kappa shape index (κ2) is 3.27. The topological polar surface area (TPSA) is 27.6 Å². The molecule has 0 atom stereocenters. The molecule has 2 heterocycles. The van der Waals surface area contributed by atoms with E-state index in [4.69, 9.17) is 0 Å². The van der Waals surface area contributed by atoms with Crippen molar-refractivity contribution in [3.05, 3.63) is 0 Å². The zero-order valence-electron chi connectivity index (χ0n) is 8.58. The van der Waals surface area contributed by atoms with Crippen LogP contribution in [0.25, 0.3) is 0 Å². The molecule has 0 radical (unpaired) electrons. The molecule has 0 saturated carbocycles. The highest BCUT2D eigenvalue weighted by molar-refractivity contribution is 5.88. The molecular weight excluding hydrogens is 164 g/mol. The van der Waals surface area contributed by atoms with Crippen LogP contribution in [0.5, 0.6) is 0 Å². The van der Waals surface area contributed by atoms with Crippen molar-refractivity contribution in [2.75, 3.05) is 40.3 Å². The zero-order valence-corrected chi connectivity index (χ0v) is 8.58. The molecule has 0 aromatic heterocycles. The predicted molar refractivity (Wildman–Crippen MR) is 53.2 cm³/mol. The second-order valence-electron chi connectivity index (χ2n) is 4.46. The zero-order chi connectivity index (χ0) is 9.31. The van der Waals surface area contributed by atoms with Crippen molar-refractivity contribution in [2.24, 2.45) is 5.10 Å². The van der Waals surface area contributed by atoms with E-state index in [1.54, 1.807) is 0 Å². The number of nitrogens with one attached hydrogen (secondary N) is 1. The maximum atomic E-state index is 4.42. The largest absolute Gasteiger partial charge is 0.321 e. The van der Waals surface area contributed by atoms with Crippen molar-refractivity contribution in [2.45, 2.75) is 12.8 Å². The van der Waals surface area contributed by atoms with E-state index < -0.39 is 0 Å². The standard InChI is InChI=1S/C9H19N4/c1-12-10-7-9(11-12)8-13(2)5-3-4-6-13/h10H,3-8H2,1-2H3/q+1. The first-order valence-corrected chi connectivity index (χ1v) is 5.05. The van der Waals surface area contributed by atoms with Crippen molar-refractivity contribution in [1.29, 1.82) is 0 Å². The maximum Gasteiger partial charge on any atom is 0.121 e. The Morgan fingerprint density at radius 2 is 2.15 bits per heavy atom. The number of nitrogens with zero attached hydrogens (tertiary/aromatic N) is 3. The number of hydrogen-bond donors (Lipinski definition) is 1. The Morgan fingerprint density at radius 3 is 2.69 bits per heavy atom. The minimum atomic E-state index is 0.935. The van der Waals surface area contributed by atoms with Gasteiger partial charge in [-0.05, 0) is 0 Å². The number of hydrazone groups is 1. The molecule has 2 aliphatic rings. The summed E-state index contributed by atoms with van der Waals surface area (Å²) in [6.07, 6.45) is 2.76. The molecule has 1 N–H and O–H groups in total. The number of hydrogen-bond acceptors (Lipinski definition) is 3. The molecule has 4 nitrogen and oxygen atoms in total. The summed E-state index contributed by atoms with van der Waals surface area (Å²) in [6, 6.07) is 0.